The molecular weight excluding hydrogens is 356 g/mol. The number of rotatable bonds is 7. The van der Waals surface area contributed by atoms with E-state index in [4.69, 9.17) is 22.1 Å². The lowest BCUT2D eigenvalue weighted by molar-refractivity contribution is -0.128. The van der Waals surface area contributed by atoms with E-state index in [1.165, 1.54) is 0 Å². The average molecular weight is 381 g/mol. The lowest BCUT2D eigenvalue weighted by Gasteiger charge is -2.24. The van der Waals surface area contributed by atoms with Crippen molar-refractivity contribution in [1.82, 2.24) is 10.7 Å². The first-order valence-electron chi connectivity index (χ1n) is 8.59. The fourth-order valence-electron chi connectivity index (χ4n) is 2.42. The third-order valence-corrected chi connectivity index (χ3v) is 4.12. The molecule has 0 saturated carbocycles. The van der Waals surface area contributed by atoms with E-state index in [2.05, 4.69) is 15.8 Å². The monoisotopic (exact) mass is 380 g/mol. The van der Waals surface area contributed by atoms with Crippen molar-refractivity contribution in [1.29, 1.82) is 0 Å². The van der Waals surface area contributed by atoms with Crippen molar-refractivity contribution in [2.45, 2.75) is 51.7 Å². The average Bonchev–Trinajstić information content (AvgIpc) is 2.58. The van der Waals surface area contributed by atoms with Gasteiger partial charge in [-0.1, -0.05) is 24.6 Å². The van der Waals surface area contributed by atoms with Gasteiger partial charge in [0.2, 0.25) is 5.91 Å². The smallest absolute Gasteiger partial charge is 0.261 e. The minimum Gasteiger partial charge on any atom is -0.478 e. The Kier molecular flexibility index (Phi) is 6.61. The van der Waals surface area contributed by atoms with Gasteiger partial charge in [0.05, 0.1) is 10.7 Å². The van der Waals surface area contributed by atoms with Crippen LogP contribution in [0.2, 0.25) is 5.02 Å². The van der Waals surface area contributed by atoms with Crippen molar-refractivity contribution in [3.8, 4) is 5.75 Å². The summed E-state index contributed by atoms with van der Waals surface area (Å²) in [4.78, 5) is 23.8. The van der Waals surface area contributed by atoms with Crippen LogP contribution in [0.15, 0.2) is 23.3 Å². The van der Waals surface area contributed by atoms with Crippen molar-refractivity contribution in [3.63, 3.8) is 0 Å². The molecule has 0 saturated heterocycles. The Bertz CT molecular complexity index is 713. The quantitative estimate of drug-likeness (QED) is 0.672. The number of hydrogen-bond donors (Lipinski definition) is 3. The molecule has 0 aromatic heterocycles. The van der Waals surface area contributed by atoms with Crippen LogP contribution in [0, 0.1) is 0 Å². The van der Waals surface area contributed by atoms with Crippen LogP contribution in [0.5, 0.6) is 5.75 Å². The SMILES string of the molecule is CCC(Oc1c(Cl)cccc1C1=NNC(=O)CC1)C(=O)NCC(C)(C)N. The van der Waals surface area contributed by atoms with E-state index >= 15 is 0 Å². The molecule has 0 bridgehead atoms. The van der Waals surface area contributed by atoms with Gasteiger partial charge in [-0.25, -0.2) is 5.43 Å². The van der Waals surface area contributed by atoms with Crippen LogP contribution in [-0.2, 0) is 9.59 Å². The molecule has 1 aromatic rings. The molecule has 142 valence electrons. The Hall–Kier alpha value is -2.12. The number of nitrogens with one attached hydrogen (secondary N) is 2. The van der Waals surface area contributed by atoms with Gasteiger partial charge in [-0.3, -0.25) is 9.59 Å². The number of hydrogen-bond acceptors (Lipinski definition) is 5. The van der Waals surface area contributed by atoms with Gasteiger partial charge in [0.15, 0.2) is 6.10 Å². The molecule has 1 aliphatic rings. The number of benzene rings is 1. The summed E-state index contributed by atoms with van der Waals surface area (Å²) in [5.74, 6) is 0.00214. The highest BCUT2D eigenvalue weighted by Gasteiger charge is 2.25. The Morgan fingerprint density at radius 3 is 2.77 bits per heavy atom. The van der Waals surface area contributed by atoms with Gasteiger partial charge < -0.3 is 15.8 Å². The molecule has 26 heavy (non-hydrogen) atoms. The molecule has 0 spiro atoms. The third kappa shape index (κ3) is 5.44. The highest BCUT2D eigenvalue weighted by Crippen LogP contribution is 2.32. The lowest BCUT2D eigenvalue weighted by atomic mass is 10.0. The van der Waals surface area contributed by atoms with Gasteiger partial charge in [-0.05, 0) is 32.4 Å². The fourth-order valence-corrected chi connectivity index (χ4v) is 2.64. The molecule has 2 amide bonds. The number of halogens is 1. The number of amides is 2. The summed E-state index contributed by atoms with van der Waals surface area (Å²) in [6.07, 6.45) is 0.570. The molecule has 4 N–H and O–H groups in total. The maximum atomic E-state index is 12.4. The van der Waals surface area contributed by atoms with E-state index in [1.807, 2.05) is 26.8 Å². The van der Waals surface area contributed by atoms with E-state index in [1.54, 1.807) is 12.1 Å². The minimum absolute atomic E-state index is 0.131. The number of carbonyl (C=O) groups excluding carboxylic acids is 2. The van der Waals surface area contributed by atoms with Crippen LogP contribution in [0.25, 0.3) is 0 Å². The molecular formula is C18H25ClN4O3. The molecule has 1 atom stereocenters. The summed E-state index contributed by atoms with van der Waals surface area (Å²) < 4.78 is 5.95. The number of nitrogens with zero attached hydrogens (tertiary/aromatic N) is 1. The lowest BCUT2D eigenvalue weighted by Crippen LogP contribution is -2.48. The van der Waals surface area contributed by atoms with E-state index < -0.39 is 11.6 Å². The first-order chi connectivity index (χ1) is 12.2. The van der Waals surface area contributed by atoms with Crippen LogP contribution in [0.1, 0.15) is 45.6 Å². The topological polar surface area (TPSA) is 106 Å². The van der Waals surface area contributed by atoms with E-state index in [-0.39, 0.29) is 11.8 Å². The summed E-state index contributed by atoms with van der Waals surface area (Å²) in [6.45, 7) is 5.85. The van der Waals surface area contributed by atoms with Crippen LogP contribution in [0.4, 0.5) is 0 Å². The summed E-state index contributed by atoms with van der Waals surface area (Å²) in [7, 11) is 0. The maximum Gasteiger partial charge on any atom is 0.261 e. The predicted molar refractivity (Wildman–Crippen MR) is 101 cm³/mol. The Balaban J connectivity index is 2.21. The number of carbonyl (C=O) groups is 2. The zero-order valence-corrected chi connectivity index (χ0v) is 16.0. The standard InChI is InChI=1S/C18H25ClN4O3/c1-4-14(17(25)21-10-18(2,3)20)26-16-11(6-5-7-12(16)19)13-8-9-15(24)23-22-13/h5-7,14H,4,8-10,20H2,1-3H3,(H,21,25)(H,23,24). The molecule has 0 aliphatic carbocycles. The van der Waals surface area contributed by atoms with Crippen molar-refractivity contribution in [2.75, 3.05) is 6.54 Å². The number of hydrazone groups is 1. The van der Waals surface area contributed by atoms with Gasteiger partial charge in [0.25, 0.3) is 5.91 Å². The minimum atomic E-state index is -0.713. The second-order valence-corrected chi connectivity index (χ2v) is 7.34. The van der Waals surface area contributed by atoms with E-state index in [0.29, 0.717) is 47.9 Å². The van der Waals surface area contributed by atoms with Crippen LogP contribution < -0.4 is 21.2 Å². The zero-order valence-electron chi connectivity index (χ0n) is 15.3. The van der Waals surface area contributed by atoms with E-state index in [0.717, 1.165) is 0 Å². The molecule has 7 nitrogen and oxygen atoms in total. The zero-order chi connectivity index (χ0) is 19.3. The normalized spacial score (nSPS) is 15.7. The van der Waals surface area contributed by atoms with Gasteiger partial charge in [0.1, 0.15) is 5.75 Å². The van der Waals surface area contributed by atoms with Gasteiger partial charge in [0, 0.05) is 30.5 Å². The van der Waals surface area contributed by atoms with Crippen LogP contribution in [-0.4, -0.2) is 35.7 Å². The van der Waals surface area contributed by atoms with E-state index in [9.17, 15) is 9.59 Å². The van der Waals surface area contributed by atoms with Gasteiger partial charge in [-0.15, -0.1) is 0 Å². The summed E-state index contributed by atoms with van der Waals surface area (Å²) >= 11 is 6.31. The second kappa shape index (κ2) is 8.51. The molecule has 1 heterocycles. The molecule has 0 fully saturated rings. The summed E-state index contributed by atoms with van der Waals surface area (Å²) in [5.41, 5.74) is 9.19. The molecule has 1 aromatic carbocycles. The third-order valence-electron chi connectivity index (χ3n) is 3.82. The molecule has 1 aliphatic heterocycles. The summed E-state index contributed by atoms with van der Waals surface area (Å²) in [5, 5.41) is 7.27. The Labute approximate surface area is 158 Å². The van der Waals surface area contributed by atoms with Crippen LogP contribution >= 0.6 is 11.6 Å². The number of nitrogens with two attached hydrogens (primary N) is 1. The highest BCUT2D eigenvalue weighted by atomic mass is 35.5. The Morgan fingerprint density at radius 2 is 2.19 bits per heavy atom. The largest absolute Gasteiger partial charge is 0.478 e. The number of para-hydroxylation sites is 1. The molecule has 0 radical (unpaired) electrons. The molecule has 1 unspecified atom stereocenters. The second-order valence-electron chi connectivity index (χ2n) is 6.93. The van der Waals surface area contributed by atoms with Crippen LogP contribution in [0.3, 0.4) is 0 Å². The van der Waals surface area contributed by atoms with Gasteiger partial charge >= 0.3 is 0 Å². The number of ether oxygens (including phenoxy) is 1. The Morgan fingerprint density at radius 1 is 1.46 bits per heavy atom. The fraction of sp³-hybridized carbons (Fsp3) is 0.500. The molecule has 2 rings (SSSR count). The van der Waals surface area contributed by atoms with Crippen molar-refractivity contribution < 1.29 is 14.3 Å². The van der Waals surface area contributed by atoms with Crippen molar-refractivity contribution in [3.05, 3.63) is 28.8 Å². The van der Waals surface area contributed by atoms with Gasteiger partial charge in [-0.2, -0.15) is 5.10 Å². The highest BCUT2D eigenvalue weighted by molar-refractivity contribution is 6.32. The first-order valence-corrected chi connectivity index (χ1v) is 8.96. The van der Waals surface area contributed by atoms with Crippen molar-refractivity contribution in [2.24, 2.45) is 10.8 Å². The molecule has 8 heteroatoms. The maximum absolute atomic E-state index is 12.4. The van der Waals surface area contributed by atoms with Crippen molar-refractivity contribution >= 4 is 29.1 Å². The summed E-state index contributed by atoms with van der Waals surface area (Å²) in [6, 6.07) is 5.28. The first kappa shape index (κ1) is 20.2. The predicted octanol–water partition coefficient (Wildman–Crippen LogP) is 1.96.